The van der Waals surface area contributed by atoms with Crippen LogP contribution in [0.5, 0.6) is 0 Å². The highest BCUT2D eigenvalue weighted by Gasteiger charge is 2.24. The largest absolute Gasteiger partial charge is 0.469 e. The maximum Gasteiger partial charge on any atom is 0.313 e. The molecule has 0 fully saturated rings. The number of methoxy groups -OCH3 is 1. The summed E-state index contributed by atoms with van der Waals surface area (Å²) < 4.78 is 4.82. The van der Waals surface area contributed by atoms with Gasteiger partial charge in [-0.2, -0.15) is 0 Å². The van der Waals surface area contributed by atoms with Crippen molar-refractivity contribution in [3.63, 3.8) is 0 Å². The van der Waals surface area contributed by atoms with Crippen LogP contribution in [-0.2, 0) is 9.53 Å². The lowest BCUT2D eigenvalue weighted by molar-refractivity contribution is -0.142. The van der Waals surface area contributed by atoms with Gasteiger partial charge in [0, 0.05) is 10.0 Å². The Balaban J connectivity index is 3.08. The monoisotopic (exact) mass is 274 g/mol. The minimum atomic E-state index is -0.329. The lowest BCUT2D eigenvalue weighted by Gasteiger charge is -2.18. The highest BCUT2D eigenvalue weighted by Crippen LogP contribution is 2.32. The molecule has 4 heteroatoms. The van der Waals surface area contributed by atoms with Gasteiger partial charge in [-0.15, -0.1) is 0 Å². The number of carbonyl (C=O) groups excluding carboxylic acids is 1. The second-order valence-electron chi connectivity index (χ2n) is 4.37. The highest BCUT2D eigenvalue weighted by molar-refractivity contribution is 6.35. The van der Waals surface area contributed by atoms with Gasteiger partial charge in [-0.3, -0.25) is 4.79 Å². The Morgan fingerprint density at radius 2 is 2.00 bits per heavy atom. The third kappa shape index (κ3) is 3.90. The molecule has 0 N–H and O–H groups in total. The molecule has 0 aromatic heterocycles. The Labute approximate surface area is 112 Å². The van der Waals surface area contributed by atoms with E-state index in [0.717, 1.165) is 5.56 Å². The molecule has 0 aliphatic heterocycles. The smallest absolute Gasteiger partial charge is 0.313 e. The molecule has 0 heterocycles. The number of halogens is 2. The number of benzene rings is 1. The van der Waals surface area contributed by atoms with Crippen LogP contribution in [-0.4, -0.2) is 13.1 Å². The average Bonchev–Trinajstić information content (AvgIpc) is 2.25. The lowest BCUT2D eigenvalue weighted by atomic mass is 9.90. The van der Waals surface area contributed by atoms with E-state index in [4.69, 9.17) is 27.9 Å². The summed E-state index contributed by atoms with van der Waals surface area (Å²) in [5.74, 6) is -0.210. The average molecular weight is 275 g/mol. The predicted molar refractivity (Wildman–Crippen MR) is 70.7 cm³/mol. The molecule has 1 unspecified atom stereocenters. The summed E-state index contributed by atoms with van der Waals surface area (Å²) in [6, 6.07) is 5.17. The van der Waals surface area contributed by atoms with Crippen molar-refractivity contribution in [2.45, 2.75) is 26.2 Å². The van der Waals surface area contributed by atoms with Crippen molar-refractivity contribution in [3.8, 4) is 0 Å². The van der Waals surface area contributed by atoms with Crippen molar-refractivity contribution in [3.05, 3.63) is 33.8 Å². The van der Waals surface area contributed by atoms with Crippen LogP contribution in [0.1, 0.15) is 31.7 Å². The second-order valence-corrected chi connectivity index (χ2v) is 5.21. The molecule has 0 saturated carbocycles. The highest BCUT2D eigenvalue weighted by atomic mass is 35.5. The van der Waals surface area contributed by atoms with E-state index in [2.05, 4.69) is 13.8 Å². The molecule has 0 aliphatic rings. The van der Waals surface area contributed by atoms with Crippen molar-refractivity contribution >= 4 is 29.2 Å². The van der Waals surface area contributed by atoms with Gasteiger partial charge < -0.3 is 4.74 Å². The van der Waals surface area contributed by atoms with E-state index in [-0.39, 0.29) is 11.9 Å². The number of hydrogen-bond acceptors (Lipinski definition) is 2. The van der Waals surface area contributed by atoms with Gasteiger partial charge in [0.15, 0.2) is 0 Å². The molecule has 0 aliphatic carbocycles. The minimum absolute atomic E-state index is 0.261. The zero-order valence-corrected chi connectivity index (χ0v) is 11.7. The molecule has 1 aromatic carbocycles. The van der Waals surface area contributed by atoms with Gasteiger partial charge in [0.1, 0.15) is 0 Å². The third-order valence-corrected chi connectivity index (χ3v) is 3.09. The molecule has 0 spiro atoms. The van der Waals surface area contributed by atoms with Crippen molar-refractivity contribution in [1.82, 2.24) is 0 Å². The summed E-state index contributed by atoms with van der Waals surface area (Å²) in [4.78, 5) is 11.8. The normalized spacial score (nSPS) is 12.6. The van der Waals surface area contributed by atoms with Crippen LogP contribution >= 0.6 is 23.2 Å². The fourth-order valence-electron chi connectivity index (χ4n) is 1.75. The number of rotatable bonds is 4. The zero-order chi connectivity index (χ0) is 13.0. The molecule has 17 heavy (non-hydrogen) atoms. The van der Waals surface area contributed by atoms with Crippen LogP contribution in [0.2, 0.25) is 10.0 Å². The summed E-state index contributed by atoms with van der Waals surface area (Å²) in [6.07, 6.45) is 0.702. The molecule has 2 nitrogen and oxygen atoms in total. The van der Waals surface area contributed by atoms with Crippen molar-refractivity contribution in [2.24, 2.45) is 5.92 Å². The fourth-order valence-corrected chi connectivity index (χ4v) is 2.29. The Kier molecular flexibility index (Phi) is 5.29. The second kappa shape index (κ2) is 6.27. The van der Waals surface area contributed by atoms with E-state index in [0.29, 0.717) is 22.4 Å². The summed E-state index contributed by atoms with van der Waals surface area (Å²) in [6.45, 7) is 4.11. The molecule has 1 aromatic rings. The van der Waals surface area contributed by atoms with Gasteiger partial charge in [-0.25, -0.2) is 0 Å². The summed E-state index contributed by atoms with van der Waals surface area (Å²) in [5.41, 5.74) is 0.775. The van der Waals surface area contributed by atoms with E-state index in [1.165, 1.54) is 7.11 Å². The first-order valence-electron chi connectivity index (χ1n) is 5.48. The van der Waals surface area contributed by atoms with Gasteiger partial charge in [-0.05, 0) is 30.0 Å². The van der Waals surface area contributed by atoms with Crippen molar-refractivity contribution < 1.29 is 9.53 Å². The van der Waals surface area contributed by atoms with E-state index in [1.54, 1.807) is 18.2 Å². The molecule has 94 valence electrons. The van der Waals surface area contributed by atoms with E-state index >= 15 is 0 Å². The van der Waals surface area contributed by atoms with Crippen LogP contribution in [0.4, 0.5) is 0 Å². The van der Waals surface area contributed by atoms with Gasteiger partial charge in [0.2, 0.25) is 0 Å². The lowest BCUT2D eigenvalue weighted by Crippen LogP contribution is -2.16. The molecular formula is C13H16Cl2O2. The van der Waals surface area contributed by atoms with E-state index in [9.17, 15) is 4.79 Å². The molecule has 0 bridgehead atoms. The minimum Gasteiger partial charge on any atom is -0.469 e. The molecule has 1 atom stereocenters. The van der Waals surface area contributed by atoms with Crippen molar-refractivity contribution in [1.29, 1.82) is 0 Å². The number of carbonyl (C=O) groups is 1. The number of esters is 1. The molecule has 0 amide bonds. The molecular weight excluding hydrogens is 259 g/mol. The fraction of sp³-hybridized carbons (Fsp3) is 0.462. The maximum absolute atomic E-state index is 11.8. The SMILES string of the molecule is COC(=O)C(CC(C)C)c1ccc(Cl)cc1Cl. The quantitative estimate of drug-likeness (QED) is 0.766. The van der Waals surface area contributed by atoms with Gasteiger partial charge in [-0.1, -0.05) is 43.1 Å². The predicted octanol–water partition coefficient (Wildman–Crippen LogP) is 4.30. The van der Waals surface area contributed by atoms with Crippen LogP contribution in [0, 0.1) is 5.92 Å². The standard InChI is InChI=1S/C13H16Cl2O2/c1-8(2)6-11(13(16)17-3)10-5-4-9(14)7-12(10)15/h4-5,7-8,11H,6H2,1-3H3. The summed E-state index contributed by atoms with van der Waals surface area (Å²) in [5, 5.41) is 1.07. The van der Waals surface area contributed by atoms with E-state index in [1.807, 2.05) is 0 Å². The van der Waals surface area contributed by atoms with E-state index < -0.39 is 0 Å². The summed E-state index contributed by atoms with van der Waals surface area (Å²) in [7, 11) is 1.39. The molecule has 1 rings (SSSR count). The maximum atomic E-state index is 11.8. The Hall–Kier alpha value is -0.730. The molecule has 0 saturated heterocycles. The first-order chi connectivity index (χ1) is 7.95. The third-order valence-electron chi connectivity index (χ3n) is 2.53. The van der Waals surface area contributed by atoms with Crippen LogP contribution in [0.3, 0.4) is 0 Å². The topological polar surface area (TPSA) is 26.3 Å². The zero-order valence-electron chi connectivity index (χ0n) is 10.2. The Morgan fingerprint density at radius 3 is 2.47 bits per heavy atom. The first kappa shape index (κ1) is 14.3. The summed E-state index contributed by atoms with van der Waals surface area (Å²) >= 11 is 12.0. The van der Waals surface area contributed by atoms with Gasteiger partial charge in [0.05, 0.1) is 13.0 Å². The van der Waals surface area contributed by atoms with Gasteiger partial charge in [0.25, 0.3) is 0 Å². The Bertz CT molecular complexity index is 402. The first-order valence-corrected chi connectivity index (χ1v) is 6.24. The molecule has 0 radical (unpaired) electrons. The van der Waals surface area contributed by atoms with Crippen LogP contribution in [0.15, 0.2) is 18.2 Å². The van der Waals surface area contributed by atoms with Gasteiger partial charge >= 0.3 is 5.97 Å². The van der Waals surface area contributed by atoms with Crippen LogP contribution < -0.4 is 0 Å². The van der Waals surface area contributed by atoms with Crippen molar-refractivity contribution in [2.75, 3.05) is 7.11 Å². The number of hydrogen-bond donors (Lipinski definition) is 0. The number of ether oxygens (including phenoxy) is 1. The Morgan fingerprint density at radius 1 is 1.35 bits per heavy atom. The van der Waals surface area contributed by atoms with Crippen LogP contribution in [0.25, 0.3) is 0 Å².